The van der Waals surface area contributed by atoms with Crippen molar-refractivity contribution in [1.82, 2.24) is 0 Å². The number of nitrogen functional groups attached to an aromatic ring is 2. The molecule has 0 aromatic heterocycles. The maximum atomic E-state index is 6.11. The van der Waals surface area contributed by atoms with E-state index in [1.54, 1.807) is 0 Å². The van der Waals surface area contributed by atoms with Crippen molar-refractivity contribution in [2.75, 3.05) is 16.4 Å². The molecule has 3 unspecified atom stereocenters. The maximum absolute atomic E-state index is 6.11. The highest BCUT2D eigenvalue weighted by Gasteiger charge is 2.71. The fourth-order valence-corrected chi connectivity index (χ4v) is 4.39. The second kappa shape index (κ2) is 3.90. The van der Waals surface area contributed by atoms with Gasteiger partial charge in [0.25, 0.3) is 0 Å². The van der Waals surface area contributed by atoms with E-state index in [0.717, 1.165) is 22.8 Å². The molecule has 1 spiro atoms. The fraction of sp³-hybridized carbons (Fsp3) is 0.158. The third-order valence-corrected chi connectivity index (χ3v) is 5.37. The van der Waals surface area contributed by atoms with Crippen molar-refractivity contribution in [1.29, 1.82) is 0 Å². The summed E-state index contributed by atoms with van der Waals surface area (Å²) in [5, 5.41) is 0. The van der Waals surface area contributed by atoms with Crippen LogP contribution in [0.3, 0.4) is 0 Å². The molecule has 114 valence electrons. The van der Waals surface area contributed by atoms with Gasteiger partial charge in [0.05, 0.1) is 6.04 Å². The monoisotopic (exact) mass is 302 g/mol. The Kier molecular flexibility index (Phi) is 2.14. The van der Waals surface area contributed by atoms with Crippen LogP contribution in [0, 0.1) is 5.92 Å². The van der Waals surface area contributed by atoms with Crippen LogP contribution in [-0.2, 0) is 5.41 Å². The summed E-state index contributed by atoms with van der Waals surface area (Å²) in [6, 6.07) is 14.6. The minimum absolute atomic E-state index is 0.0368. The highest BCUT2D eigenvalue weighted by Crippen LogP contribution is 2.69. The van der Waals surface area contributed by atoms with Gasteiger partial charge in [-0.25, -0.2) is 0 Å². The van der Waals surface area contributed by atoms with Gasteiger partial charge in [0, 0.05) is 39.8 Å². The molecule has 1 saturated carbocycles. The minimum Gasteiger partial charge on any atom is -0.399 e. The summed E-state index contributed by atoms with van der Waals surface area (Å²) in [6.07, 6.45) is 6.45. The number of allylic oxidation sites excluding steroid dienone is 1. The van der Waals surface area contributed by atoms with Crippen LogP contribution in [0.15, 0.2) is 66.4 Å². The van der Waals surface area contributed by atoms with Crippen LogP contribution in [0.25, 0.3) is 0 Å². The summed E-state index contributed by atoms with van der Waals surface area (Å²) in [7, 11) is 0. The Bertz CT molecular complexity index is 881. The molecule has 0 bridgehead atoms. The van der Waals surface area contributed by atoms with Crippen molar-refractivity contribution in [3.63, 3.8) is 0 Å². The van der Waals surface area contributed by atoms with E-state index < -0.39 is 0 Å². The Morgan fingerprint density at radius 1 is 0.913 bits per heavy atom. The molecule has 1 heterocycles. The molecule has 0 amide bonds. The zero-order valence-corrected chi connectivity index (χ0v) is 12.6. The van der Waals surface area contributed by atoms with Gasteiger partial charge in [-0.15, -0.1) is 0 Å². The van der Waals surface area contributed by atoms with E-state index in [1.165, 1.54) is 11.3 Å². The molecule has 3 aliphatic rings. The van der Waals surface area contributed by atoms with Crippen LogP contribution in [0.2, 0.25) is 0 Å². The van der Waals surface area contributed by atoms with E-state index in [1.807, 2.05) is 24.3 Å². The number of nitrogens with zero attached hydrogens (tertiary/aromatic N) is 1. The topological polar surface area (TPSA) is 81.3 Å². The molecule has 3 atom stereocenters. The van der Waals surface area contributed by atoms with Crippen LogP contribution in [0.5, 0.6) is 0 Å². The lowest BCUT2D eigenvalue weighted by molar-refractivity contribution is 0.816. The molecule has 2 aliphatic carbocycles. The van der Waals surface area contributed by atoms with Crippen molar-refractivity contribution in [3.05, 3.63) is 72.0 Å². The highest BCUT2D eigenvalue weighted by molar-refractivity contribution is 5.83. The summed E-state index contributed by atoms with van der Waals surface area (Å²) < 4.78 is 0. The zero-order valence-electron chi connectivity index (χ0n) is 12.6. The number of nitrogens with two attached hydrogens (primary N) is 3. The first-order valence-electron chi connectivity index (χ1n) is 7.82. The number of hydrogen-bond donors (Lipinski definition) is 3. The second-order valence-electron chi connectivity index (χ2n) is 6.65. The van der Waals surface area contributed by atoms with Crippen molar-refractivity contribution in [3.8, 4) is 0 Å². The lowest BCUT2D eigenvalue weighted by atomic mass is 9.89. The first-order valence-corrected chi connectivity index (χ1v) is 7.82. The smallest absolute Gasteiger partial charge is 0.0557 e. The average molecular weight is 302 g/mol. The van der Waals surface area contributed by atoms with Gasteiger partial charge in [-0.3, -0.25) is 0 Å². The van der Waals surface area contributed by atoms with Crippen molar-refractivity contribution in [2.24, 2.45) is 11.7 Å². The van der Waals surface area contributed by atoms with E-state index in [4.69, 9.17) is 17.2 Å². The van der Waals surface area contributed by atoms with Crippen LogP contribution >= 0.6 is 0 Å². The largest absolute Gasteiger partial charge is 0.399 e. The Balaban J connectivity index is 1.73. The fourth-order valence-electron chi connectivity index (χ4n) is 4.39. The van der Waals surface area contributed by atoms with Crippen LogP contribution in [0.1, 0.15) is 5.56 Å². The molecular weight excluding hydrogens is 284 g/mol. The molecular formula is C19H18N4. The van der Waals surface area contributed by atoms with Gasteiger partial charge in [0.2, 0.25) is 0 Å². The molecule has 0 saturated heterocycles. The van der Waals surface area contributed by atoms with Crippen LogP contribution in [0.4, 0.5) is 22.7 Å². The van der Waals surface area contributed by atoms with E-state index in [0.29, 0.717) is 12.0 Å². The summed E-state index contributed by atoms with van der Waals surface area (Å²) in [5.74, 6) is 0.446. The Labute approximate surface area is 134 Å². The second-order valence-corrected chi connectivity index (χ2v) is 6.65. The predicted octanol–water partition coefficient (Wildman–Crippen LogP) is 2.65. The summed E-state index contributed by atoms with van der Waals surface area (Å²) in [6.45, 7) is 0. The molecule has 4 heteroatoms. The predicted molar refractivity (Wildman–Crippen MR) is 94.2 cm³/mol. The maximum Gasteiger partial charge on any atom is 0.0557 e. The number of benzene rings is 2. The van der Waals surface area contributed by atoms with E-state index in [2.05, 4.69) is 41.3 Å². The van der Waals surface area contributed by atoms with Gasteiger partial charge in [0.15, 0.2) is 0 Å². The molecule has 2 aromatic rings. The van der Waals surface area contributed by atoms with Crippen molar-refractivity contribution < 1.29 is 0 Å². The SMILES string of the molecule is NC1=CC23c4cc(N)ccc4N(c4ccc(N)cc4)C2C3C=C1. The molecule has 2 aromatic carbocycles. The van der Waals surface area contributed by atoms with E-state index >= 15 is 0 Å². The van der Waals surface area contributed by atoms with Gasteiger partial charge in [-0.2, -0.15) is 0 Å². The van der Waals surface area contributed by atoms with Gasteiger partial charge >= 0.3 is 0 Å². The zero-order chi connectivity index (χ0) is 15.8. The summed E-state index contributed by atoms with van der Waals surface area (Å²) >= 11 is 0. The van der Waals surface area contributed by atoms with Gasteiger partial charge in [-0.1, -0.05) is 6.08 Å². The number of hydrogen-bond acceptors (Lipinski definition) is 4. The normalized spacial score (nSPS) is 29.6. The minimum atomic E-state index is -0.0368. The third kappa shape index (κ3) is 1.45. The molecule has 5 rings (SSSR count). The van der Waals surface area contributed by atoms with Crippen LogP contribution in [-0.4, -0.2) is 6.04 Å². The molecule has 6 N–H and O–H groups in total. The average Bonchev–Trinajstić information content (AvgIpc) is 3.11. The third-order valence-electron chi connectivity index (χ3n) is 5.37. The lowest BCUT2D eigenvalue weighted by Crippen LogP contribution is -2.19. The number of fused-ring (bicyclic) bond motifs is 2. The first-order chi connectivity index (χ1) is 11.1. The number of anilines is 4. The summed E-state index contributed by atoms with van der Waals surface area (Å²) in [4.78, 5) is 2.40. The van der Waals surface area contributed by atoms with Gasteiger partial charge in [0.1, 0.15) is 0 Å². The standard InChI is InChI=1S/C19H18N4/c20-11-1-5-14(6-2-11)23-17-8-4-12(21)9-16(17)19-10-13(22)3-7-15(19)18(19)23/h1-10,15,18H,20-22H2. The van der Waals surface area contributed by atoms with Crippen molar-refractivity contribution >= 4 is 22.7 Å². The van der Waals surface area contributed by atoms with Gasteiger partial charge in [-0.05, 0) is 60.2 Å². The first kappa shape index (κ1) is 12.6. The highest BCUT2D eigenvalue weighted by atomic mass is 15.3. The molecule has 0 radical (unpaired) electrons. The van der Waals surface area contributed by atoms with E-state index in [9.17, 15) is 0 Å². The Morgan fingerprint density at radius 3 is 2.43 bits per heavy atom. The van der Waals surface area contributed by atoms with Gasteiger partial charge < -0.3 is 22.1 Å². The number of rotatable bonds is 1. The summed E-state index contributed by atoms with van der Waals surface area (Å²) in [5.41, 5.74) is 24.0. The van der Waals surface area contributed by atoms with E-state index in [-0.39, 0.29) is 5.41 Å². The molecule has 23 heavy (non-hydrogen) atoms. The Morgan fingerprint density at radius 2 is 1.65 bits per heavy atom. The van der Waals surface area contributed by atoms with Crippen molar-refractivity contribution in [2.45, 2.75) is 11.5 Å². The molecule has 1 aliphatic heterocycles. The Hall–Kier alpha value is -2.88. The quantitative estimate of drug-likeness (QED) is 0.707. The molecule has 4 nitrogen and oxygen atoms in total. The molecule has 1 fully saturated rings. The lowest BCUT2D eigenvalue weighted by Gasteiger charge is -2.24. The van der Waals surface area contributed by atoms with Crippen LogP contribution < -0.4 is 22.1 Å².